The molecule has 2 aromatic rings. The second kappa shape index (κ2) is 10.3. The Kier molecular flexibility index (Phi) is 7.04. The van der Waals surface area contributed by atoms with Crippen LogP contribution in [-0.2, 0) is 4.79 Å². The number of amidine groups is 1. The molecular formula is C25H30N6O. The Balaban J connectivity index is 1.44. The molecule has 4 rings (SSSR count). The lowest BCUT2D eigenvalue weighted by molar-refractivity contribution is -0.119. The molecule has 1 fully saturated rings. The van der Waals surface area contributed by atoms with Gasteiger partial charge in [-0.3, -0.25) is 9.78 Å². The maximum absolute atomic E-state index is 12.8. The Morgan fingerprint density at radius 2 is 2.19 bits per heavy atom. The van der Waals surface area contributed by atoms with E-state index in [1.165, 1.54) is 0 Å². The third kappa shape index (κ3) is 5.66. The van der Waals surface area contributed by atoms with Crippen LogP contribution in [-0.4, -0.2) is 31.5 Å². The van der Waals surface area contributed by atoms with Crippen molar-refractivity contribution in [3.05, 3.63) is 66.5 Å². The lowest BCUT2D eigenvalue weighted by atomic mass is 10.0. The number of amides is 1. The minimum absolute atomic E-state index is 0.0314. The normalized spacial score (nSPS) is 19.4. The summed E-state index contributed by atoms with van der Waals surface area (Å²) < 4.78 is 2.11. The van der Waals surface area contributed by atoms with Crippen molar-refractivity contribution in [1.82, 2.24) is 25.1 Å². The van der Waals surface area contributed by atoms with E-state index in [0.29, 0.717) is 30.6 Å². The highest BCUT2D eigenvalue weighted by Crippen LogP contribution is 2.37. The summed E-state index contributed by atoms with van der Waals surface area (Å²) in [6.45, 7) is 4.15. The smallest absolute Gasteiger partial charge is 0.225 e. The van der Waals surface area contributed by atoms with Crippen molar-refractivity contribution in [1.29, 1.82) is 0 Å². The van der Waals surface area contributed by atoms with Gasteiger partial charge in [-0.25, -0.2) is 4.99 Å². The minimum atomic E-state index is -0.0314. The first-order chi connectivity index (χ1) is 15.6. The van der Waals surface area contributed by atoms with Gasteiger partial charge in [-0.05, 0) is 55.7 Å². The molecule has 0 saturated heterocycles. The number of aliphatic imine (C=N–C) groups is 1. The molecule has 1 unspecified atom stereocenters. The molecule has 1 aliphatic carbocycles. The molecule has 3 heterocycles. The van der Waals surface area contributed by atoms with Gasteiger partial charge in [0.1, 0.15) is 17.9 Å². The predicted molar refractivity (Wildman–Crippen MR) is 127 cm³/mol. The van der Waals surface area contributed by atoms with Gasteiger partial charge >= 0.3 is 0 Å². The average Bonchev–Trinajstić information content (AvgIpc) is 3.56. The summed E-state index contributed by atoms with van der Waals surface area (Å²) in [5.74, 6) is 1.86. The van der Waals surface area contributed by atoms with Crippen LogP contribution in [0.5, 0.6) is 0 Å². The summed E-state index contributed by atoms with van der Waals surface area (Å²) in [6, 6.07) is 4.41. The van der Waals surface area contributed by atoms with E-state index in [4.69, 9.17) is 4.99 Å². The first kappa shape index (κ1) is 21.9. The monoisotopic (exact) mass is 430 g/mol. The Morgan fingerprint density at radius 3 is 2.94 bits per heavy atom. The van der Waals surface area contributed by atoms with Crippen LogP contribution in [0.3, 0.4) is 0 Å². The van der Waals surface area contributed by atoms with Crippen molar-refractivity contribution in [2.45, 2.75) is 58.4 Å². The fraction of sp³-hybridized carbons (Fsp3) is 0.400. The van der Waals surface area contributed by atoms with Crippen molar-refractivity contribution in [3.8, 4) is 0 Å². The number of allylic oxidation sites excluding steroid dienone is 5. The molecule has 7 nitrogen and oxygen atoms in total. The largest absolute Gasteiger partial charge is 0.314 e. The molecular weight excluding hydrogens is 400 g/mol. The second-order valence-electron chi connectivity index (χ2n) is 8.49. The number of nitrogens with zero attached hydrogens (tertiary/aromatic N) is 5. The molecule has 1 saturated carbocycles. The van der Waals surface area contributed by atoms with E-state index in [0.717, 1.165) is 48.3 Å². The fourth-order valence-corrected chi connectivity index (χ4v) is 3.79. The van der Waals surface area contributed by atoms with Gasteiger partial charge in [0, 0.05) is 31.3 Å². The first-order valence-electron chi connectivity index (χ1n) is 11.3. The van der Waals surface area contributed by atoms with E-state index in [9.17, 15) is 4.79 Å². The summed E-state index contributed by atoms with van der Waals surface area (Å²) >= 11 is 0. The van der Waals surface area contributed by atoms with Crippen LogP contribution in [0, 0.1) is 5.92 Å². The molecule has 1 atom stereocenters. The van der Waals surface area contributed by atoms with Crippen LogP contribution in [0.2, 0.25) is 0 Å². The summed E-state index contributed by atoms with van der Waals surface area (Å²) in [4.78, 5) is 21.8. The highest BCUT2D eigenvalue weighted by molar-refractivity contribution is 6.00. The third-order valence-electron chi connectivity index (χ3n) is 5.68. The van der Waals surface area contributed by atoms with E-state index >= 15 is 0 Å². The Morgan fingerprint density at radius 1 is 1.31 bits per heavy atom. The van der Waals surface area contributed by atoms with Crippen molar-refractivity contribution >= 4 is 23.0 Å². The highest BCUT2D eigenvalue weighted by Gasteiger charge is 2.28. The van der Waals surface area contributed by atoms with E-state index in [2.05, 4.69) is 38.1 Å². The number of hydrogen-bond donors (Lipinski definition) is 1. The minimum Gasteiger partial charge on any atom is -0.314 e. The number of aromatic nitrogens is 4. The Hall–Kier alpha value is -3.35. The lowest BCUT2D eigenvalue weighted by Crippen LogP contribution is -2.31. The Labute approximate surface area is 189 Å². The molecule has 0 aromatic carbocycles. The van der Waals surface area contributed by atoms with Gasteiger partial charge in [-0.2, -0.15) is 0 Å². The molecule has 7 heteroatoms. The molecule has 166 valence electrons. The SMILES string of the molecule is C/C=C\C=C(/CCC(=O)NC1=NC(c2nncn2C2CC2)=CCC(C)C1)c1cccnc1. The van der Waals surface area contributed by atoms with Gasteiger partial charge in [0.15, 0.2) is 5.82 Å². The predicted octanol–water partition coefficient (Wildman–Crippen LogP) is 4.73. The van der Waals surface area contributed by atoms with Gasteiger partial charge in [-0.15, -0.1) is 10.2 Å². The number of rotatable bonds is 7. The maximum Gasteiger partial charge on any atom is 0.225 e. The van der Waals surface area contributed by atoms with Crippen LogP contribution in [0.1, 0.15) is 69.8 Å². The van der Waals surface area contributed by atoms with E-state index in [-0.39, 0.29) is 5.91 Å². The summed E-state index contributed by atoms with van der Waals surface area (Å²) in [5.41, 5.74) is 2.92. The number of pyridine rings is 1. The molecule has 2 aromatic heterocycles. The molecule has 1 N–H and O–H groups in total. The zero-order valence-electron chi connectivity index (χ0n) is 18.7. The van der Waals surface area contributed by atoms with E-state index < -0.39 is 0 Å². The van der Waals surface area contributed by atoms with Gasteiger partial charge in [0.2, 0.25) is 5.91 Å². The lowest BCUT2D eigenvalue weighted by Gasteiger charge is -2.12. The second-order valence-corrected chi connectivity index (χ2v) is 8.49. The fourth-order valence-electron chi connectivity index (χ4n) is 3.79. The quantitative estimate of drug-likeness (QED) is 0.643. The molecule has 32 heavy (non-hydrogen) atoms. The molecule has 2 aliphatic rings. The van der Waals surface area contributed by atoms with Crippen LogP contribution >= 0.6 is 0 Å². The van der Waals surface area contributed by atoms with Crippen molar-refractivity contribution in [2.24, 2.45) is 10.9 Å². The molecule has 0 radical (unpaired) electrons. The molecule has 1 aliphatic heterocycles. The molecule has 0 bridgehead atoms. The van der Waals surface area contributed by atoms with Gasteiger partial charge < -0.3 is 9.88 Å². The van der Waals surface area contributed by atoms with Gasteiger partial charge in [-0.1, -0.05) is 37.3 Å². The number of carbonyl (C=O) groups is 1. The van der Waals surface area contributed by atoms with E-state index in [1.807, 2.05) is 43.5 Å². The zero-order chi connectivity index (χ0) is 22.3. The summed E-state index contributed by atoms with van der Waals surface area (Å²) in [5, 5.41) is 11.5. The van der Waals surface area contributed by atoms with Gasteiger partial charge in [0.25, 0.3) is 0 Å². The summed E-state index contributed by atoms with van der Waals surface area (Å²) in [7, 11) is 0. The van der Waals surface area contributed by atoms with Crippen molar-refractivity contribution in [3.63, 3.8) is 0 Å². The van der Waals surface area contributed by atoms with E-state index in [1.54, 1.807) is 12.5 Å². The number of carbonyl (C=O) groups excluding carboxylic acids is 1. The standard InChI is InChI=1S/C25H30N6O/c1-3-4-6-19(20-7-5-14-26-16-20)9-13-24(32)29-23-15-18(2)8-12-22(28-23)25-30-27-17-31(25)21-10-11-21/h3-7,12,14,16-18,21H,8-11,13,15H2,1-2H3,(H,28,29,32)/b4-3-,19-6+. The van der Waals surface area contributed by atoms with Crippen LogP contribution in [0.25, 0.3) is 11.3 Å². The van der Waals surface area contributed by atoms with Crippen LogP contribution in [0.4, 0.5) is 0 Å². The average molecular weight is 431 g/mol. The van der Waals surface area contributed by atoms with Crippen LogP contribution < -0.4 is 5.32 Å². The first-order valence-corrected chi connectivity index (χ1v) is 11.3. The van der Waals surface area contributed by atoms with Crippen molar-refractivity contribution < 1.29 is 4.79 Å². The zero-order valence-corrected chi connectivity index (χ0v) is 18.7. The maximum atomic E-state index is 12.8. The highest BCUT2D eigenvalue weighted by atomic mass is 16.1. The molecule has 0 spiro atoms. The summed E-state index contributed by atoms with van der Waals surface area (Å²) in [6.07, 6.45) is 18.4. The van der Waals surface area contributed by atoms with Crippen LogP contribution in [0.15, 0.2) is 60.2 Å². The molecule has 1 amide bonds. The van der Waals surface area contributed by atoms with Crippen molar-refractivity contribution in [2.75, 3.05) is 0 Å². The number of nitrogens with one attached hydrogen (secondary N) is 1. The third-order valence-corrected chi connectivity index (χ3v) is 5.68. The van der Waals surface area contributed by atoms with Gasteiger partial charge in [0.05, 0.1) is 0 Å². The Bertz CT molecular complexity index is 1060. The number of hydrogen-bond acceptors (Lipinski definition) is 5. The topological polar surface area (TPSA) is 85.1 Å².